The molecule has 0 fully saturated rings. The zero-order valence-corrected chi connectivity index (χ0v) is 20.8. The van der Waals surface area contributed by atoms with E-state index < -0.39 is 47.4 Å². The van der Waals surface area contributed by atoms with Crippen LogP contribution < -0.4 is 32.7 Å². The van der Waals surface area contributed by atoms with Gasteiger partial charge in [0.05, 0.1) is 18.6 Å². The molecule has 0 aliphatic heterocycles. The highest BCUT2D eigenvalue weighted by atomic mass is 16.6. The number of nitrogens with one attached hydrogen (secondary N) is 4. The van der Waals surface area contributed by atoms with E-state index in [4.69, 9.17) is 11.5 Å². The van der Waals surface area contributed by atoms with Crippen LogP contribution in [0, 0.1) is 10.1 Å². The number of nitro benzene ring substituents is 1. The van der Waals surface area contributed by atoms with Crippen molar-refractivity contribution >= 4 is 41.1 Å². The van der Waals surface area contributed by atoms with E-state index in [-0.39, 0.29) is 24.6 Å². The van der Waals surface area contributed by atoms with Crippen LogP contribution in [0.2, 0.25) is 0 Å². The molecule has 15 heteroatoms. The summed E-state index contributed by atoms with van der Waals surface area (Å²) in [5.74, 6) is -1.91. The van der Waals surface area contributed by atoms with Gasteiger partial charge in [-0.1, -0.05) is 19.8 Å². The monoisotopic (exact) mass is 522 g/mol. The number of carbonyl (C=O) groups is 4. The Morgan fingerprint density at radius 2 is 1.65 bits per heavy atom. The van der Waals surface area contributed by atoms with Gasteiger partial charge in [-0.2, -0.15) is 0 Å². The summed E-state index contributed by atoms with van der Waals surface area (Å²) in [6.45, 7) is 1.70. The molecule has 4 amide bonds. The second-order valence-corrected chi connectivity index (χ2v) is 7.91. The number of non-ortho nitro benzene ring substituents is 1. The van der Waals surface area contributed by atoms with Gasteiger partial charge in [-0.05, 0) is 31.4 Å². The Bertz CT molecular complexity index is 964. The van der Waals surface area contributed by atoms with Gasteiger partial charge in [0, 0.05) is 24.4 Å². The van der Waals surface area contributed by atoms with Crippen molar-refractivity contribution in [1.29, 1.82) is 0 Å². The number of alkyl carbamates (subject to hydrolysis) is 1. The Balaban J connectivity index is 2.80. The fourth-order valence-electron chi connectivity index (χ4n) is 3.08. The number of hydrogen-bond donors (Lipinski definition) is 6. The molecule has 2 atom stereocenters. The molecule has 0 aliphatic rings. The summed E-state index contributed by atoms with van der Waals surface area (Å²) >= 11 is 0. The summed E-state index contributed by atoms with van der Waals surface area (Å²) in [5.41, 5.74) is 10.8. The van der Waals surface area contributed by atoms with Gasteiger partial charge in [-0.3, -0.25) is 29.5 Å². The predicted octanol–water partition coefficient (Wildman–Crippen LogP) is 0.103. The van der Waals surface area contributed by atoms with E-state index in [1.54, 1.807) is 0 Å². The number of amides is 4. The number of aliphatic imine (C=N–C) groups is 1. The lowest BCUT2D eigenvalue weighted by Gasteiger charge is -2.20. The van der Waals surface area contributed by atoms with Crippen molar-refractivity contribution in [3.05, 3.63) is 34.4 Å². The first-order chi connectivity index (χ1) is 17.6. The van der Waals surface area contributed by atoms with Crippen LogP contribution in [0.4, 0.5) is 16.2 Å². The SMILES string of the molecule is CCCC[C@@H](NC(=O)OC)C(=O)NCC(=O)N[C@@H](CCCN=C(N)N)C(=O)Nc1ccc([N+](=O)[O-])cc1. The van der Waals surface area contributed by atoms with Gasteiger partial charge in [-0.15, -0.1) is 0 Å². The molecule has 0 bridgehead atoms. The molecule has 1 aromatic rings. The molecule has 0 unspecified atom stereocenters. The van der Waals surface area contributed by atoms with Crippen molar-refractivity contribution < 1.29 is 28.8 Å². The number of anilines is 1. The number of rotatable bonds is 15. The van der Waals surface area contributed by atoms with Crippen LogP contribution in [0.3, 0.4) is 0 Å². The third kappa shape index (κ3) is 12.2. The zero-order valence-electron chi connectivity index (χ0n) is 20.8. The van der Waals surface area contributed by atoms with Crippen LogP contribution in [0.25, 0.3) is 0 Å². The molecule has 0 saturated heterocycles. The average Bonchev–Trinajstić information content (AvgIpc) is 2.86. The molecule has 0 aromatic heterocycles. The van der Waals surface area contributed by atoms with Crippen molar-refractivity contribution in [1.82, 2.24) is 16.0 Å². The maximum absolute atomic E-state index is 12.8. The summed E-state index contributed by atoms with van der Waals surface area (Å²) in [4.78, 5) is 63.4. The highest BCUT2D eigenvalue weighted by Gasteiger charge is 2.24. The van der Waals surface area contributed by atoms with Gasteiger partial charge in [0.1, 0.15) is 12.1 Å². The van der Waals surface area contributed by atoms with Crippen molar-refractivity contribution in [2.75, 3.05) is 25.5 Å². The summed E-state index contributed by atoms with van der Waals surface area (Å²) in [7, 11) is 1.17. The lowest BCUT2D eigenvalue weighted by Crippen LogP contribution is -2.51. The number of carbonyl (C=O) groups excluding carboxylic acids is 4. The summed E-state index contributed by atoms with van der Waals surface area (Å²) in [6, 6.07) is 3.28. The first kappa shape index (κ1) is 30.6. The van der Waals surface area contributed by atoms with E-state index in [9.17, 15) is 29.3 Å². The Morgan fingerprint density at radius 3 is 2.22 bits per heavy atom. The standard InChI is InChI=1S/C22H34N8O7/c1-3-4-6-16(29-22(34)37-2)19(32)26-13-18(31)28-17(7-5-12-25-21(23)24)20(33)27-14-8-10-15(11-9-14)30(35)36/h8-11,16-17H,3-7,12-13H2,1-2H3,(H,26,32)(H,27,33)(H,28,31)(H,29,34)(H4,23,24,25)/t16-,17+/m1/s1. The second kappa shape index (κ2) is 16.3. The highest BCUT2D eigenvalue weighted by Crippen LogP contribution is 2.16. The molecule has 15 nitrogen and oxygen atoms in total. The molecule has 0 radical (unpaired) electrons. The molecule has 0 aliphatic carbocycles. The first-order valence-electron chi connectivity index (χ1n) is 11.6. The Labute approximate surface area is 213 Å². The third-order valence-corrected chi connectivity index (χ3v) is 5.01. The lowest BCUT2D eigenvalue weighted by atomic mass is 10.1. The van der Waals surface area contributed by atoms with Gasteiger partial charge >= 0.3 is 6.09 Å². The largest absolute Gasteiger partial charge is 0.453 e. The fourth-order valence-corrected chi connectivity index (χ4v) is 3.08. The van der Waals surface area contributed by atoms with Crippen molar-refractivity contribution in [3.63, 3.8) is 0 Å². The van der Waals surface area contributed by atoms with Crippen molar-refractivity contribution in [3.8, 4) is 0 Å². The number of guanidine groups is 1. The van der Waals surface area contributed by atoms with E-state index in [0.29, 0.717) is 24.9 Å². The van der Waals surface area contributed by atoms with Crippen molar-refractivity contribution in [2.45, 2.75) is 51.1 Å². The van der Waals surface area contributed by atoms with E-state index in [2.05, 4.69) is 31.0 Å². The van der Waals surface area contributed by atoms with Crippen LogP contribution in [0.5, 0.6) is 0 Å². The quantitative estimate of drug-likeness (QED) is 0.0601. The third-order valence-electron chi connectivity index (χ3n) is 5.01. The van der Waals surface area contributed by atoms with Gasteiger partial charge in [-0.25, -0.2) is 4.79 Å². The van der Waals surface area contributed by atoms with E-state index >= 15 is 0 Å². The number of methoxy groups -OCH3 is 1. The number of nitro groups is 1. The zero-order chi connectivity index (χ0) is 27.8. The molecule has 0 heterocycles. The minimum atomic E-state index is -1.02. The Morgan fingerprint density at radius 1 is 1.03 bits per heavy atom. The van der Waals surface area contributed by atoms with Crippen LogP contribution >= 0.6 is 0 Å². The number of ether oxygens (including phenoxy) is 1. The summed E-state index contributed by atoms with van der Waals surface area (Å²) < 4.78 is 4.53. The van der Waals surface area contributed by atoms with Gasteiger partial charge in [0.2, 0.25) is 17.7 Å². The molecule has 204 valence electrons. The van der Waals surface area contributed by atoms with Crippen molar-refractivity contribution in [2.24, 2.45) is 16.5 Å². The Hall–Kier alpha value is -4.43. The smallest absolute Gasteiger partial charge is 0.407 e. The predicted molar refractivity (Wildman–Crippen MR) is 135 cm³/mol. The van der Waals surface area contributed by atoms with Gasteiger partial charge in [0.25, 0.3) is 5.69 Å². The highest BCUT2D eigenvalue weighted by molar-refractivity contribution is 5.98. The number of unbranched alkanes of at least 4 members (excludes halogenated alkanes) is 1. The van der Waals surface area contributed by atoms with Crippen LogP contribution in [0.15, 0.2) is 29.3 Å². The fraction of sp³-hybridized carbons (Fsp3) is 0.500. The van der Waals surface area contributed by atoms with Crippen LogP contribution in [0.1, 0.15) is 39.0 Å². The van der Waals surface area contributed by atoms with Crippen LogP contribution in [-0.2, 0) is 19.1 Å². The molecule has 37 heavy (non-hydrogen) atoms. The number of benzene rings is 1. The summed E-state index contributed by atoms with van der Waals surface area (Å²) in [6.07, 6.45) is 1.55. The van der Waals surface area contributed by atoms with Crippen LogP contribution in [-0.4, -0.2) is 67.0 Å². The second-order valence-electron chi connectivity index (χ2n) is 7.91. The van der Waals surface area contributed by atoms with Gasteiger partial charge in [0.15, 0.2) is 5.96 Å². The first-order valence-corrected chi connectivity index (χ1v) is 11.6. The van der Waals surface area contributed by atoms with E-state index in [1.807, 2.05) is 6.92 Å². The minimum absolute atomic E-state index is 0.114. The van der Waals surface area contributed by atoms with Gasteiger partial charge < -0.3 is 37.5 Å². The average molecular weight is 523 g/mol. The molecule has 1 rings (SSSR count). The number of hydrogen-bond acceptors (Lipinski definition) is 8. The normalized spacial score (nSPS) is 11.8. The molecule has 1 aromatic carbocycles. The number of nitrogens with zero attached hydrogens (tertiary/aromatic N) is 2. The number of nitrogens with two attached hydrogens (primary N) is 2. The molecule has 8 N–H and O–H groups in total. The lowest BCUT2D eigenvalue weighted by molar-refractivity contribution is -0.384. The molecular weight excluding hydrogens is 488 g/mol. The maximum atomic E-state index is 12.8. The molecule has 0 saturated carbocycles. The molecule has 0 spiro atoms. The molecular formula is C22H34N8O7. The van der Waals surface area contributed by atoms with E-state index in [1.165, 1.54) is 31.4 Å². The topological polar surface area (TPSA) is 233 Å². The minimum Gasteiger partial charge on any atom is -0.453 e. The maximum Gasteiger partial charge on any atom is 0.407 e. The Kier molecular flexibility index (Phi) is 13.5. The van der Waals surface area contributed by atoms with E-state index in [0.717, 1.165) is 6.42 Å². The summed E-state index contributed by atoms with van der Waals surface area (Å²) in [5, 5.41) is 20.8.